The fourth-order valence-electron chi connectivity index (χ4n) is 3.19. The zero-order valence-electron chi connectivity index (χ0n) is 14.7. The molecule has 2 aromatic rings. The molecule has 0 radical (unpaired) electrons. The van der Waals surface area contributed by atoms with Crippen molar-refractivity contribution < 1.29 is 23.7 Å². The first-order chi connectivity index (χ1) is 12.2. The van der Waals surface area contributed by atoms with Crippen LogP contribution in [0.25, 0.3) is 11.3 Å². The first-order valence-electron chi connectivity index (χ1n) is 8.38. The molecule has 1 aliphatic heterocycles. The van der Waals surface area contributed by atoms with Gasteiger partial charge in [-0.2, -0.15) is 0 Å². The van der Waals surface area contributed by atoms with Crippen molar-refractivity contribution in [1.29, 1.82) is 0 Å². The van der Waals surface area contributed by atoms with Crippen LogP contribution in [0.15, 0.2) is 30.3 Å². The van der Waals surface area contributed by atoms with Crippen molar-refractivity contribution in [3.05, 3.63) is 53.2 Å². The number of hydrogen-bond acceptors (Lipinski definition) is 5. The van der Waals surface area contributed by atoms with Gasteiger partial charge in [0.2, 0.25) is 0 Å². The summed E-state index contributed by atoms with van der Waals surface area (Å²) < 4.78 is 34.0. The monoisotopic (exact) mass is 364 g/mol. The number of aromatic nitrogens is 1. The largest absolute Gasteiger partial charge is 0.391 e. The second kappa shape index (κ2) is 6.66. The molecule has 7 heteroatoms. The molecule has 0 bridgehead atoms. The zero-order chi connectivity index (χ0) is 19.1. The van der Waals surface area contributed by atoms with Crippen molar-refractivity contribution in [2.75, 3.05) is 13.2 Å². The van der Waals surface area contributed by atoms with E-state index in [0.29, 0.717) is 11.3 Å². The van der Waals surface area contributed by atoms with Gasteiger partial charge in [-0.05, 0) is 44.2 Å². The molecule has 3 rings (SSSR count). The van der Waals surface area contributed by atoms with Crippen molar-refractivity contribution >= 4 is 0 Å². The Labute approximate surface area is 150 Å². The van der Waals surface area contributed by atoms with Gasteiger partial charge in [0.25, 0.3) is 0 Å². The van der Waals surface area contributed by atoms with Crippen molar-refractivity contribution in [1.82, 2.24) is 4.98 Å². The zero-order valence-corrected chi connectivity index (χ0v) is 14.7. The van der Waals surface area contributed by atoms with E-state index in [1.165, 1.54) is 44.2 Å². The van der Waals surface area contributed by atoms with Gasteiger partial charge in [0.1, 0.15) is 17.1 Å². The number of aliphatic hydroxyl groups excluding tert-OH is 1. The van der Waals surface area contributed by atoms with Crippen molar-refractivity contribution in [3.63, 3.8) is 0 Å². The molecular formula is C19H22F2N2O3. The van der Waals surface area contributed by atoms with E-state index in [1.54, 1.807) is 0 Å². The minimum absolute atomic E-state index is 0.0274. The lowest BCUT2D eigenvalue weighted by Gasteiger charge is -2.29. The van der Waals surface area contributed by atoms with Gasteiger partial charge in [0.15, 0.2) is 5.82 Å². The summed E-state index contributed by atoms with van der Waals surface area (Å²) in [5.74, 6) is -1.15. The molecular weight excluding hydrogens is 342 g/mol. The lowest BCUT2D eigenvalue weighted by atomic mass is 9.89. The van der Waals surface area contributed by atoms with Gasteiger partial charge in [-0.25, -0.2) is 13.8 Å². The molecule has 1 saturated heterocycles. The number of nitrogens with two attached hydrogens (primary N) is 1. The molecule has 0 saturated carbocycles. The highest BCUT2D eigenvalue weighted by Crippen LogP contribution is 2.39. The average molecular weight is 364 g/mol. The van der Waals surface area contributed by atoms with E-state index in [1.807, 2.05) is 0 Å². The minimum atomic E-state index is -1.48. The van der Waals surface area contributed by atoms with E-state index in [9.17, 15) is 14.6 Å². The molecule has 1 aromatic heterocycles. The Bertz CT molecular complexity index is 806. The predicted molar refractivity (Wildman–Crippen MR) is 92.1 cm³/mol. The molecule has 2 atom stereocenters. The van der Waals surface area contributed by atoms with Gasteiger partial charge in [0.05, 0.1) is 24.0 Å². The lowest BCUT2D eigenvalue weighted by Crippen LogP contribution is -2.36. The van der Waals surface area contributed by atoms with Crippen LogP contribution < -0.4 is 5.73 Å². The molecule has 5 nitrogen and oxygen atoms in total. The standard InChI is InChI=1S/C19H22F2N2O3/c1-18(2,25)14-7-15(19(10-22)8-13(24)9-26-19)23-17(16(14)21)11-3-5-12(20)6-4-11/h3-7,13,24-25H,8-10,22H2,1-2H3/t13-,19-/m0/s1. The SMILES string of the molecule is CC(C)(O)c1cc([C@@]2(CN)C[C@H](O)CO2)nc(-c2ccc(F)cc2)c1F. The summed E-state index contributed by atoms with van der Waals surface area (Å²) in [6, 6.07) is 6.67. The topological polar surface area (TPSA) is 88.6 Å². The van der Waals surface area contributed by atoms with Gasteiger partial charge < -0.3 is 20.7 Å². The number of ether oxygens (including phenoxy) is 1. The molecule has 0 aliphatic carbocycles. The van der Waals surface area contributed by atoms with Crippen LogP contribution in [0.4, 0.5) is 8.78 Å². The number of aliphatic hydroxyl groups is 2. The van der Waals surface area contributed by atoms with Gasteiger partial charge in [0, 0.05) is 24.1 Å². The predicted octanol–water partition coefficient (Wildman–Crippen LogP) is 2.19. The molecule has 1 fully saturated rings. The van der Waals surface area contributed by atoms with E-state index in [2.05, 4.69) is 4.98 Å². The maximum Gasteiger partial charge on any atom is 0.155 e. The Morgan fingerprint density at radius 2 is 1.96 bits per heavy atom. The Morgan fingerprint density at radius 3 is 2.46 bits per heavy atom. The summed E-state index contributed by atoms with van der Waals surface area (Å²) >= 11 is 0. The summed E-state index contributed by atoms with van der Waals surface area (Å²) in [6.45, 7) is 3.06. The second-order valence-corrected chi connectivity index (χ2v) is 7.15. The van der Waals surface area contributed by atoms with Crippen LogP contribution in [0.5, 0.6) is 0 Å². The molecule has 0 unspecified atom stereocenters. The van der Waals surface area contributed by atoms with Crippen LogP contribution in [0.2, 0.25) is 0 Å². The summed E-state index contributed by atoms with van der Waals surface area (Å²) in [7, 11) is 0. The Balaban J connectivity index is 2.23. The summed E-state index contributed by atoms with van der Waals surface area (Å²) in [5.41, 5.74) is 4.03. The van der Waals surface area contributed by atoms with Gasteiger partial charge in [-0.3, -0.25) is 0 Å². The van der Waals surface area contributed by atoms with Crippen LogP contribution in [0.3, 0.4) is 0 Å². The third-order valence-corrected chi connectivity index (χ3v) is 4.65. The van der Waals surface area contributed by atoms with Crippen LogP contribution in [0.1, 0.15) is 31.5 Å². The minimum Gasteiger partial charge on any atom is -0.391 e. The highest BCUT2D eigenvalue weighted by molar-refractivity contribution is 5.62. The first kappa shape index (κ1) is 18.8. The fourth-order valence-corrected chi connectivity index (χ4v) is 3.19. The average Bonchev–Trinajstić information content (AvgIpc) is 2.97. The number of rotatable bonds is 4. The molecule has 1 aromatic carbocycles. The summed E-state index contributed by atoms with van der Waals surface area (Å²) in [5, 5.41) is 20.3. The number of hydrogen-bond donors (Lipinski definition) is 3. The Hall–Kier alpha value is -1.93. The van der Waals surface area contributed by atoms with E-state index in [4.69, 9.17) is 10.5 Å². The third kappa shape index (κ3) is 3.35. The smallest absolute Gasteiger partial charge is 0.155 e. The number of nitrogens with zero attached hydrogens (tertiary/aromatic N) is 1. The van der Waals surface area contributed by atoms with Crippen molar-refractivity contribution in [2.24, 2.45) is 5.73 Å². The van der Waals surface area contributed by atoms with Crippen LogP contribution in [0, 0.1) is 11.6 Å². The van der Waals surface area contributed by atoms with Gasteiger partial charge in [-0.15, -0.1) is 0 Å². The quantitative estimate of drug-likeness (QED) is 0.774. The molecule has 2 heterocycles. The summed E-state index contributed by atoms with van der Waals surface area (Å²) in [6.07, 6.45) is -0.485. The molecule has 4 N–H and O–H groups in total. The van der Waals surface area contributed by atoms with Crippen LogP contribution in [-0.4, -0.2) is 34.5 Å². The number of pyridine rings is 1. The number of benzene rings is 1. The van der Waals surface area contributed by atoms with Crippen LogP contribution >= 0.6 is 0 Å². The molecule has 0 spiro atoms. The molecule has 0 amide bonds. The fraction of sp³-hybridized carbons (Fsp3) is 0.421. The van der Waals surface area contributed by atoms with Gasteiger partial charge in [-0.1, -0.05) is 0 Å². The van der Waals surface area contributed by atoms with E-state index >= 15 is 4.39 Å². The van der Waals surface area contributed by atoms with Crippen molar-refractivity contribution in [2.45, 2.75) is 37.6 Å². The van der Waals surface area contributed by atoms with E-state index < -0.39 is 28.9 Å². The molecule has 26 heavy (non-hydrogen) atoms. The number of halogens is 2. The lowest BCUT2D eigenvalue weighted by molar-refractivity contribution is 0.000620. The maximum absolute atomic E-state index is 15.1. The molecule has 140 valence electrons. The third-order valence-electron chi connectivity index (χ3n) is 4.65. The Kier molecular flexibility index (Phi) is 4.83. The first-order valence-corrected chi connectivity index (χ1v) is 8.38. The van der Waals surface area contributed by atoms with Gasteiger partial charge >= 0.3 is 0 Å². The normalized spacial score (nSPS) is 23.4. The van der Waals surface area contributed by atoms with E-state index in [-0.39, 0.29) is 30.8 Å². The van der Waals surface area contributed by atoms with Crippen LogP contribution in [-0.2, 0) is 15.9 Å². The highest BCUT2D eigenvalue weighted by Gasteiger charge is 2.43. The van der Waals surface area contributed by atoms with Crippen molar-refractivity contribution in [3.8, 4) is 11.3 Å². The summed E-state index contributed by atoms with van der Waals surface area (Å²) in [4.78, 5) is 4.38. The highest BCUT2D eigenvalue weighted by atomic mass is 19.1. The maximum atomic E-state index is 15.1. The van der Waals surface area contributed by atoms with E-state index in [0.717, 1.165) is 0 Å². The Morgan fingerprint density at radius 1 is 1.31 bits per heavy atom. The molecule has 1 aliphatic rings. The second-order valence-electron chi connectivity index (χ2n) is 7.15.